The molecule has 0 radical (unpaired) electrons. The fraction of sp³-hybridized carbons (Fsp3) is 0.538. The van der Waals surface area contributed by atoms with Gasteiger partial charge in [-0.25, -0.2) is 0 Å². The van der Waals surface area contributed by atoms with E-state index in [4.69, 9.17) is 16.3 Å². The Morgan fingerprint density at radius 3 is 3.06 bits per heavy atom. The van der Waals surface area contributed by atoms with E-state index in [0.717, 1.165) is 35.9 Å². The molecule has 2 nitrogen and oxygen atoms in total. The quantitative estimate of drug-likeness (QED) is 0.872. The number of ether oxygens (including phenoxy) is 1. The summed E-state index contributed by atoms with van der Waals surface area (Å²) in [4.78, 5) is 0. The molecule has 0 amide bonds. The first-order valence-corrected chi connectivity index (χ1v) is 6.32. The number of halogens is 1. The van der Waals surface area contributed by atoms with E-state index >= 15 is 0 Å². The van der Waals surface area contributed by atoms with Crippen LogP contribution < -0.4 is 10.1 Å². The van der Waals surface area contributed by atoms with Gasteiger partial charge in [0.1, 0.15) is 12.4 Å². The molecule has 1 aromatic rings. The number of rotatable bonds is 4. The maximum atomic E-state index is 6.06. The number of nitrogens with one attached hydrogen (secondary N) is 1. The lowest BCUT2D eigenvalue weighted by Crippen LogP contribution is -2.28. The van der Waals surface area contributed by atoms with Crippen molar-refractivity contribution >= 4 is 11.6 Å². The lowest BCUT2D eigenvalue weighted by molar-refractivity contribution is 0.277. The molecule has 0 unspecified atom stereocenters. The van der Waals surface area contributed by atoms with Crippen molar-refractivity contribution in [3.05, 3.63) is 28.8 Å². The molecule has 2 rings (SSSR count). The second kappa shape index (κ2) is 5.55. The first-order valence-electron chi connectivity index (χ1n) is 5.94. The summed E-state index contributed by atoms with van der Waals surface area (Å²) >= 11 is 6.06. The van der Waals surface area contributed by atoms with Gasteiger partial charge in [0.05, 0.1) is 0 Å². The highest BCUT2D eigenvalue weighted by Gasteiger charge is 2.14. The van der Waals surface area contributed by atoms with Gasteiger partial charge in [0.15, 0.2) is 0 Å². The molecule has 0 aliphatic carbocycles. The molecule has 3 heteroatoms. The van der Waals surface area contributed by atoms with Crippen molar-refractivity contribution in [1.29, 1.82) is 0 Å². The molecule has 16 heavy (non-hydrogen) atoms. The van der Waals surface area contributed by atoms with Crippen LogP contribution in [0.25, 0.3) is 0 Å². The van der Waals surface area contributed by atoms with Crippen molar-refractivity contribution in [1.82, 2.24) is 5.32 Å². The van der Waals surface area contributed by atoms with Crippen molar-refractivity contribution in [2.45, 2.75) is 32.2 Å². The number of benzene rings is 1. The molecule has 1 aliphatic rings. The molecular weight excluding hydrogens is 222 g/mol. The maximum absolute atomic E-state index is 6.06. The summed E-state index contributed by atoms with van der Waals surface area (Å²) in [5.41, 5.74) is 1.15. The van der Waals surface area contributed by atoms with E-state index < -0.39 is 0 Å². The van der Waals surface area contributed by atoms with Crippen molar-refractivity contribution in [2.24, 2.45) is 0 Å². The first-order chi connectivity index (χ1) is 7.79. The fourth-order valence-corrected chi connectivity index (χ4v) is 2.26. The van der Waals surface area contributed by atoms with E-state index in [1.807, 2.05) is 18.2 Å². The van der Waals surface area contributed by atoms with E-state index in [-0.39, 0.29) is 0 Å². The topological polar surface area (TPSA) is 21.3 Å². The van der Waals surface area contributed by atoms with Crippen molar-refractivity contribution in [2.75, 3.05) is 13.2 Å². The predicted molar refractivity (Wildman–Crippen MR) is 67.3 cm³/mol. The van der Waals surface area contributed by atoms with E-state index in [9.17, 15) is 0 Å². The molecule has 0 spiro atoms. The van der Waals surface area contributed by atoms with Crippen molar-refractivity contribution < 1.29 is 4.74 Å². The lowest BCUT2D eigenvalue weighted by atomic mass is 10.1. The smallest absolute Gasteiger partial charge is 0.119 e. The second-order valence-electron chi connectivity index (χ2n) is 4.21. The molecule has 1 N–H and O–H groups in total. The van der Waals surface area contributed by atoms with Crippen LogP contribution in [0.2, 0.25) is 5.02 Å². The summed E-state index contributed by atoms with van der Waals surface area (Å²) in [6, 6.07) is 6.41. The molecule has 1 fully saturated rings. The first kappa shape index (κ1) is 11.7. The Morgan fingerprint density at radius 2 is 2.38 bits per heavy atom. The van der Waals surface area contributed by atoms with Crippen LogP contribution in [0.4, 0.5) is 0 Å². The van der Waals surface area contributed by atoms with Gasteiger partial charge in [-0.2, -0.15) is 0 Å². The van der Waals surface area contributed by atoms with Crippen LogP contribution in [0, 0.1) is 0 Å². The zero-order valence-corrected chi connectivity index (χ0v) is 10.4. The van der Waals surface area contributed by atoms with Gasteiger partial charge in [0.25, 0.3) is 0 Å². The number of hydrogen-bond donors (Lipinski definition) is 1. The predicted octanol–water partition coefficient (Wildman–Crippen LogP) is 3.03. The number of hydrogen-bond acceptors (Lipinski definition) is 2. The van der Waals surface area contributed by atoms with E-state index in [1.165, 1.54) is 12.8 Å². The van der Waals surface area contributed by atoms with Crippen LogP contribution in [0.5, 0.6) is 5.75 Å². The third kappa shape index (κ3) is 2.89. The summed E-state index contributed by atoms with van der Waals surface area (Å²) in [6.45, 7) is 3.98. The normalized spacial score (nSPS) is 20.0. The lowest BCUT2D eigenvalue weighted by Gasteiger charge is -2.13. The van der Waals surface area contributed by atoms with Gasteiger partial charge in [-0.3, -0.25) is 0 Å². The largest absolute Gasteiger partial charge is 0.492 e. The standard InChI is InChI=1S/C13H18ClNO/c1-2-10-8-12(5-6-13(10)14)16-9-11-4-3-7-15-11/h5-6,8,11,15H,2-4,7,9H2,1H3/t11-/m0/s1. The Balaban J connectivity index is 1.93. The summed E-state index contributed by atoms with van der Waals surface area (Å²) in [6.07, 6.45) is 3.42. The highest BCUT2D eigenvalue weighted by molar-refractivity contribution is 6.31. The average molecular weight is 240 g/mol. The van der Waals surface area contributed by atoms with Crippen molar-refractivity contribution in [3.63, 3.8) is 0 Å². The molecule has 0 aromatic heterocycles. The molecule has 1 saturated heterocycles. The van der Waals surface area contributed by atoms with Gasteiger partial charge >= 0.3 is 0 Å². The van der Waals surface area contributed by atoms with Crippen LogP contribution in [-0.4, -0.2) is 19.2 Å². The fourth-order valence-electron chi connectivity index (χ4n) is 2.01. The zero-order valence-electron chi connectivity index (χ0n) is 9.63. The van der Waals surface area contributed by atoms with Crippen LogP contribution in [0.3, 0.4) is 0 Å². The second-order valence-corrected chi connectivity index (χ2v) is 4.62. The Labute approximate surface area is 102 Å². The van der Waals surface area contributed by atoms with Gasteiger partial charge in [0.2, 0.25) is 0 Å². The van der Waals surface area contributed by atoms with Crippen LogP contribution in [0.15, 0.2) is 18.2 Å². The highest BCUT2D eigenvalue weighted by Crippen LogP contribution is 2.22. The van der Waals surface area contributed by atoms with Crippen LogP contribution in [-0.2, 0) is 6.42 Å². The molecule has 0 saturated carbocycles. The summed E-state index contributed by atoms with van der Waals surface area (Å²) in [7, 11) is 0. The van der Waals surface area contributed by atoms with E-state index in [2.05, 4.69) is 12.2 Å². The van der Waals surface area contributed by atoms with E-state index in [1.54, 1.807) is 0 Å². The third-order valence-electron chi connectivity index (χ3n) is 3.01. The highest BCUT2D eigenvalue weighted by atomic mass is 35.5. The summed E-state index contributed by atoms with van der Waals surface area (Å²) < 4.78 is 5.77. The third-order valence-corrected chi connectivity index (χ3v) is 3.38. The Bertz CT molecular complexity index is 348. The summed E-state index contributed by atoms with van der Waals surface area (Å²) in [5, 5.41) is 4.24. The maximum Gasteiger partial charge on any atom is 0.119 e. The molecular formula is C13H18ClNO. The molecule has 1 aliphatic heterocycles. The minimum absolute atomic E-state index is 0.515. The molecule has 1 heterocycles. The summed E-state index contributed by atoms with van der Waals surface area (Å²) in [5.74, 6) is 0.926. The van der Waals surface area contributed by atoms with Crippen LogP contribution in [0.1, 0.15) is 25.3 Å². The zero-order chi connectivity index (χ0) is 11.4. The van der Waals surface area contributed by atoms with Crippen molar-refractivity contribution in [3.8, 4) is 5.75 Å². The Hall–Kier alpha value is -0.730. The van der Waals surface area contributed by atoms with Gasteiger partial charge in [-0.05, 0) is 49.6 Å². The Morgan fingerprint density at radius 1 is 1.50 bits per heavy atom. The minimum Gasteiger partial charge on any atom is -0.492 e. The van der Waals surface area contributed by atoms with Gasteiger partial charge < -0.3 is 10.1 Å². The monoisotopic (exact) mass is 239 g/mol. The molecule has 1 aromatic carbocycles. The van der Waals surface area contributed by atoms with Gasteiger partial charge in [-0.15, -0.1) is 0 Å². The van der Waals surface area contributed by atoms with E-state index in [0.29, 0.717) is 6.04 Å². The van der Waals surface area contributed by atoms with Gasteiger partial charge in [-0.1, -0.05) is 18.5 Å². The SMILES string of the molecule is CCc1cc(OC[C@@H]2CCCN2)ccc1Cl. The van der Waals surface area contributed by atoms with Gasteiger partial charge in [0, 0.05) is 11.1 Å². The molecule has 0 bridgehead atoms. The number of aryl methyl sites for hydroxylation is 1. The molecule has 88 valence electrons. The van der Waals surface area contributed by atoms with Crippen LogP contribution >= 0.6 is 11.6 Å². The molecule has 1 atom stereocenters. The minimum atomic E-state index is 0.515. The average Bonchev–Trinajstić information content (AvgIpc) is 2.81. The Kier molecular flexibility index (Phi) is 4.08.